The van der Waals surface area contributed by atoms with Gasteiger partial charge in [0.05, 0.1) is 29.3 Å². The summed E-state index contributed by atoms with van der Waals surface area (Å²) in [5.74, 6) is -1.12. The molecule has 2 aromatic rings. The third kappa shape index (κ3) is 2.91. The Kier molecular flexibility index (Phi) is 3.90. The number of furan rings is 1. The van der Waals surface area contributed by atoms with Crippen molar-refractivity contribution in [1.82, 2.24) is 0 Å². The van der Waals surface area contributed by atoms with Gasteiger partial charge in [0.15, 0.2) is 5.09 Å². The zero-order chi connectivity index (χ0) is 14.8. The van der Waals surface area contributed by atoms with Gasteiger partial charge in [-0.05, 0) is 29.7 Å². The van der Waals surface area contributed by atoms with Crippen molar-refractivity contribution in [2.24, 2.45) is 0 Å². The summed E-state index contributed by atoms with van der Waals surface area (Å²) in [6.07, 6.45) is 0.595. The maximum Gasteiger partial charge on any atom is 0.371 e. The highest BCUT2D eigenvalue weighted by atomic mass is 32.2. The number of hydrogen-bond acceptors (Lipinski definition) is 4. The van der Waals surface area contributed by atoms with Crippen LogP contribution in [0.25, 0.3) is 0 Å². The van der Waals surface area contributed by atoms with E-state index in [2.05, 4.69) is 0 Å². The molecule has 0 saturated carbocycles. The average Bonchev–Trinajstić information content (AvgIpc) is 2.98. The zero-order valence-electron chi connectivity index (χ0n) is 11.2. The van der Waals surface area contributed by atoms with Gasteiger partial charge in [0.1, 0.15) is 0 Å². The highest BCUT2D eigenvalue weighted by molar-refractivity contribution is 7.84. The minimum atomic E-state index is -1.44. The lowest BCUT2D eigenvalue weighted by Crippen LogP contribution is -2.21. The van der Waals surface area contributed by atoms with E-state index in [0.29, 0.717) is 6.61 Å². The van der Waals surface area contributed by atoms with E-state index in [-0.39, 0.29) is 22.7 Å². The van der Waals surface area contributed by atoms with Gasteiger partial charge in [-0.15, -0.1) is 0 Å². The van der Waals surface area contributed by atoms with Crippen LogP contribution in [-0.4, -0.2) is 27.6 Å². The number of rotatable bonds is 4. The number of benzene rings is 1. The zero-order valence-corrected chi connectivity index (χ0v) is 12.0. The molecule has 110 valence electrons. The second-order valence-corrected chi connectivity index (χ2v) is 6.17. The van der Waals surface area contributed by atoms with Crippen LogP contribution in [0.15, 0.2) is 45.9 Å². The molecule has 0 fully saturated rings. The van der Waals surface area contributed by atoms with Crippen molar-refractivity contribution in [2.75, 3.05) is 12.4 Å². The van der Waals surface area contributed by atoms with Gasteiger partial charge in [-0.25, -0.2) is 4.79 Å². The van der Waals surface area contributed by atoms with Crippen molar-refractivity contribution in [1.29, 1.82) is 0 Å². The molecule has 0 spiro atoms. The van der Waals surface area contributed by atoms with Gasteiger partial charge in [0.25, 0.3) is 0 Å². The van der Waals surface area contributed by atoms with Crippen LogP contribution in [-0.2, 0) is 22.0 Å². The Hall–Kier alpha value is -1.92. The topological polar surface area (TPSA) is 76.7 Å². The Bertz CT molecular complexity index is 691. The molecule has 3 rings (SSSR count). The predicted molar refractivity (Wildman–Crippen MR) is 75.8 cm³/mol. The van der Waals surface area contributed by atoms with Crippen molar-refractivity contribution < 1.29 is 23.3 Å². The summed E-state index contributed by atoms with van der Waals surface area (Å²) in [4.78, 5) is 10.8. The van der Waals surface area contributed by atoms with E-state index in [1.165, 1.54) is 17.7 Å². The van der Waals surface area contributed by atoms with Crippen molar-refractivity contribution >= 4 is 16.8 Å². The number of ether oxygens (including phenoxy) is 1. The summed E-state index contributed by atoms with van der Waals surface area (Å²) in [6.45, 7) is 0.595. The largest absolute Gasteiger partial charge is 0.475 e. The quantitative estimate of drug-likeness (QED) is 0.938. The molecule has 2 heterocycles. The Balaban J connectivity index is 1.77. The number of aromatic carboxylic acids is 1. The van der Waals surface area contributed by atoms with Crippen molar-refractivity contribution in [3.8, 4) is 0 Å². The maximum atomic E-state index is 12.3. The number of carboxylic acid groups (broad SMARTS) is 1. The fourth-order valence-electron chi connectivity index (χ4n) is 2.39. The van der Waals surface area contributed by atoms with Crippen LogP contribution in [0.4, 0.5) is 0 Å². The van der Waals surface area contributed by atoms with E-state index in [1.54, 1.807) is 0 Å². The smallest absolute Gasteiger partial charge is 0.371 e. The fraction of sp³-hybridized carbons (Fsp3) is 0.267. The Morgan fingerprint density at radius 2 is 2.10 bits per heavy atom. The predicted octanol–water partition coefficient (Wildman–Crippen LogP) is 2.40. The van der Waals surface area contributed by atoms with E-state index >= 15 is 0 Å². The van der Waals surface area contributed by atoms with Crippen LogP contribution < -0.4 is 0 Å². The lowest BCUT2D eigenvalue weighted by molar-refractivity contribution is 0.0580. The Morgan fingerprint density at radius 1 is 1.29 bits per heavy atom. The molecule has 0 amide bonds. The molecule has 0 bridgehead atoms. The number of hydrogen-bond donors (Lipinski definition) is 1. The minimum Gasteiger partial charge on any atom is -0.475 e. The summed E-state index contributed by atoms with van der Waals surface area (Å²) >= 11 is 0. The molecule has 0 aliphatic carbocycles. The number of fused-ring (bicyclic) bond motifs is 1. The Morgan fingerprint density at radius 3 is 2.86 bits per heavy atom. The van der Waals surface area contributed by atoms with Gasteiger partial charge in [0, 0.05) is 0 Å². The first kappa shape index (κ1) is 14.0. The van der Waals surface area contributed by atoms with Crippen molar-refractivity contribution in [3.05, 3.63) is 53.3 Å². The third-order valence-electron chi connectivity index (χ3n) is 3.41. The monoisotopic (exact) mass is 306 g/mol. The highest BCUT2D eigenvalue weighted by Crippen LogP contribution is 2.29. The molecular weight excluding hydrogens is 292 g/mol. The lowest BCUT2D eigenvalue weighted by atomic mass is 9.99. The van der Waals surface area contributed by atoms with Gasteiger partial charge in [-0.1, -0.05) is 24.3 Å². The van der Waals surface area contributed by atoms with Gasteiger partial charge in [0.2, 0.25) is 5.76 Å². The van der Waals surface area contributed by atoms with E-state index < -0.39 is 16.8 Å². The molecular formula is C15H14O5S. The van der Waals surface area contributed by atoms with Crippen LogP contribution in [0.3, 0.4) is 0 Å². The summed E-state index contributed by atoms with van der Waals surface area (Å²) < 4.78 is 23.1. The molecule has 1 N–H and O–H groups in total. The summed E-state index contributed by atoms with van der Waals surface area (Å²) in [5, 5.41) is 8.98. The number of carbonyl (C=O) groups is 1. The normalized spacial score (nSPS) is 19.0. The molecule has 1 aromatic carbocycles. The van der Waals surface area contributed by atoms with Gasteiger partial charge in [-0.3, -0.25) is 4.21 Å². The first-order chi connectivity index (χ1) is 10.1. The first-order valence-electron chi connectivity index (χ1n) is 6.56. The molecule has 5 nitrogen and oxygen atoms in total. The molecule has 1 aliphatic heterocycles. The highest BCUT2D eigenvalue weighted by Gasteiger charge is 2.24. The molecule has 0 saturated heterocycles. The van der Waals surface area contributed by atoms with E-state index in [9.17, 15) is 9.00 Å². The molecule has 6 heteroatoms. The van der Waals surface area contributed by atoms with E-state index in [1.807, 2.05) is 24.3 Å². The maximum absolute atomic E-state index is 12.3. The van der Waals surface area contributed by atoms with Gasteiger partial charge in [-0.2, -0.15) is 0 Å². The Labute approximate surface area is 124 Å². The van der Waals surface area contributed by atoms with Crippen LogP contribution in [0.2, 0.25) is 0 Å². The van der Waals surface area contributed by atoms with Crippen LogP contribution in [0.5, 0.6) is 0 Å². The van der Waals surface area contributed by atoms with Crippen LogP contribution >= 0.6 is 0 Å². The molecule has 2 unspecified atom stereocenters. The van der Waals surface area contributed by atoms with Crippen molar-refractivity contribution in [3.63, 3.8) is 0 Å². The summed E-state index contributed by atoms with van der Waals surface area (Å²) in [6, 6.07) is 10.7. The van der Waals surface area contributed by atoms with E-state index in [0.717, 1.165) is 12.0 Å². The lowest BCUT2D eigenvalue weighted by Gasteiger charge is -2.25. The van der Waals surface area contributed by atoms with Gasteiger partial charge < -0.3 is 14.3 Å². The van der Waals surface area contributed by atoms with Crippen LogP contribution in [0.1, 0.15) is 27.8 Å². The number of carboxylic acids is 1. The molecule has 1 aromatic heterocycles. The molecule has 21 heavy (non-hydrogen) atoms. The molecule has 2 atom stereocenters. The SMILES string of the molecule is O=C(O)c1ccc(S(=O)CC2OCCc3ccccc32)o1. The second kappa shape index (κ2) is 5.83. The van der Waals surface area contributed by atoms with Crippen LogP contribution in [0, 0.1) is 0 Å². The standard InChI is InChI=1S/C15H14O5S/c16-15(17)12-5-6-14(20-12)21(18)9-13-11-4-2-1-3-10(11)7-8-19-13/h1-6,13H,7-9H2,(H,16,17). The minimum absolute atomic E-state index is 0.166. The summed E-state index contributed by atoms with van der Waals surface area (Å²) in [5.41, 5.74) is 2.25. The first-order valence-corrected chi connectivity index (χ1v) is 7.88. The van der Waals surface area contributed by atoms with E-state index in [4.69, 9.17) is 14.3 Å². The average molecular weight is 306 g/mol. The van der Waals surface area contributed by atoms with Crippen molar-refractivity contribution in [2.45, 2.75) is 17.6 Å². The molecule has 0 radical (unpaired) electrons. The molecule has 1 aliphatic rings. The fourth-order valence-corrected chi connectivity index (χ4v) is 3.51. The second-order valence-electron chi connectivity index (χ2n) is 4.74. The van der Waals surface area contributed by atoms with Gasteiger partial charge >= 0.3 is 5.97 Å². The summed E-state index contributed by atoms with van der Waals surface area (Å²) in [7, 11) is -1.44. The third-order valence-corrected chi connectivity index (χ3v) is 4.69.